The highest BCUT2D eigenvalue weighted by Crippen LogP contribution is 2.22. The summed E-state index contributed by atoms with van der Waals surface area (Å²) in [5.41, 5.74) is 0.876. The first-order chi connectivity index (χ1) is 12.5. The van der Waals surface area contributed by atoms with Gasteiger partial charge in [0.15, 0.2) is 0 Å². The van der Waals surface area contributed by atoms with Crippen LogP contribution in [0.25, 0.3) is 0 Å². The van der Waals surface area contributed by atoms with E-state index in [0.29, 0.717) is 36.8 Å². The molecule has 0 spiro atoms. The maximum Gasteiger partial charge on any atom is 0.254 e. The Morgan fingerprint density at radius 1 is 1.35 bits per heavy atom. The van der Waals surface area contributed by atoms with E-state index in [9.17, 15) is 14.0 Å². The van der Waals surface area contributed by atoms with Gasteiger partial charge in [0.25, 0.3) is 5.56 Å². The number of nitrogens with one attached hydrogen (secondary N) is 1. The quantitative estimate of drug-likeness (QED) is 0.895. The Labute approximate surface area is 152 Å². The first-order valence-electron chi connectivity index (χ1n) is 9.09. The first kappa shape index (κ1) is 18.3. The van der Waals surface area contributed by atoms with Crippen LogP contribution in [0.2, 0.25) is 0 Å². The molecule has 1 aromatic carbocycles. The average Bonchev–Trinajstić information content (AvgIpc) is 2.63. The summed E-state index contributed by atoms with van der Waals surface area (Å²) in [5.74, 6) is 0.693. The normalized spacial score (nSPS) is 17.3. The van der Waals surface area contributed by atoms with Gasteiger partial charge < -0.3 is 9.88 Å². The summed E-state index contributed by atoms with van der Waals surface area (Å²) in [4.78, 5) is 33.0. The van der Waals surface area contributed by atoms with Crippen LogP contribution in [0.15, 0.2) is 35.3 Å². The number of aromatic nitrogens is 2. The van der Waals surface area contributed by atoms with Crippen LogP contribution in [0, 0.1) is 18.7 Å². The molecule has 1 aromatic heterocycles. The summed E-state index contributed by atoms with van der Waals surface area (Å²) in [6.45, 7) is 3.09. The number of hydrogen-bond acceptors (Lipinski definition) is 3. The number of amides is 1. The van der Waals surface area contributed by atoms with Crippen LogP contribution in [-0.4, -0.2) is 33.9 Å². The third kappa shape index (κ3) is 4.56. The van der Waals surface area contributed by atoms with Crippen molar-refractivity contribution < 1.29 is 9.18 Å². The molecule has 3 rings (SSSR count). The van der Waals surface area contributed by atoms with Gasteiger partial charge in [-0.1, -0.05) is 18.2 Å². The minimum atomic E-state index is -0.251. The lowest BCUT2D eigenvalue weighted by molar-refractivity contribution is -0.132. The van der Waals surface area contributed by atoms with E-state index in [-0.39, 0.29) is 23.7 Å². The Morgan fingerprint density at radius 2 is 2.15 bits per heavy atom. The number of carbonyl (C=O) groups is 1. The van der Waals surface area contributed by atoms with E-state index in [2.05, 4.69) is 9.97 Å². The number of likely N-dealkylation sites (tertiary alicyclic amines) is 1. The van der Waals surface area contributed by atoms with E-state index in [0.717, 1.165) is 24.8 Å². The van der Waals surface area contributed by atoms with Gasteiger partial charge in [-0.05, 0) is 50.2 Å². The Kier molecular flexibility index (Phi) is 5.81. The fourth-order valence-corrected chi connectivity index (χ4v) is 3.50. The van der Waals surface area contributed by atoms with Gasteiger partial charge in [-0.15, -0.1) is 0 Å². The number of carbonyl (C=O) groups excluding carboxylic acids is 1. The smallest absolute Gasteiger partial charge is 0.254 e. The lowest BCUT2D eigenvalue weighted by Gasteiger charge is -2.33. The minimum absolute atomic E-state index is 0.0447. The molecule has 0 unspecified atom stereocenters. The van der Waals surface area contributed by atoms with Crippen LogP contribution < -0.4 is 5.56 Å². The maximum atomic E-state index is 13.8. The van der Waals surface area contributed by atoms with Crippen LogP contribution in [0.4, 0.5) is 4.39 Å². The van der Waals surface area contributed by atoms with Gasteiger partial charge >= 0.3 is 0 Å². The fraction of sp³-hybridized carbons (Fsp3) is 0.450. The summed E-state index contributed by atoms with van der Waals surface area (Å²) in [6.07, 6.45) is 5.08. The van der Waals surface area contributed by atoms with Crippen molar-refractivity contribution >= 4 is 5.91 Å². The lowest BCUT2D eigenvalue weighted by Crippen LogP contribution is -2.41. The van der Waals surface area contributed by atoms with Crippen molar-refractivity contribution in [3.8, 4) is 0 Å². The van der Waals surface area contributed by atoms with Crippen molar-refractivity contribution in [2.45, 2.75) is 39.0 Å². The van der Waals surface area contributed by atoms with E-state index in [4.69, 9.17) is 0 Å². The van der Waals surface area contributed by atoms with Crippen LogP contribution in [0.1, 0.15) is 36.2 Å². The number of benzene rings is 1. The zero-order chi connectivity index (χ0) is 18.5. The first-order valence-corrected chi connectivity index (χ1v) is 9.09. The predicted octanol–water partition coefficient (Wildman–Crippen LogP) is 2.63. The van der Waals surface area contributed by atoms with E-state index >= 15 is 0 Å². The summed E-state index contributed by atoms with van der Waals surface area (Å²) >= 11 is 0. The maximum absolute atomic E-state index is 13.8. The van der Waals surface area contributed by atoms with E-state index in [1.165, 1.54) is 12.3 Å². The third-order valence-corrected chi connectivity index (χ3v) is 4.99. The molecule has 1 saturated heterocycles. The van der Waals surface area contributed by atoms with Gasteiger partial charge in [0, 0.05) is 24.8 Å². The molecule has 26 heavy (non-hydrogen) atoms. The molecule has 0 radical (unpaired) electrons. The molecule has 6 heteroatoms. The molecule has 1 fully saturated rings. The van der Waals surface area contributed by atoms with E-state index in [1.54, 1.807) is 13.0 Å². The summed E-state index contributed by atoms with van der Waals surface area (Å²) in [5, 5.41) is 0. The zero-order valence-electron chi connectivity index (χ0n) is 15.0. The van der Waals surface area contributed by atoms with Crippen LogP contribution in [0.3, 0.4) is 0 Å². The number of piperidine rings is 1. The molecule has 0 bridgehead atoms. The van der Waals surface area contributed by atoms with E-state index < -0.39 is 0 Å². The van der Waals surface area contributed by atoms with Crippen molar-refractivity contribution in [1.82, 2.24) is 14.9 Å². The summed E-state index contributed by atoms with van der Waals surface area (Å²) in [6, 6.07) is 6.85. The Balaban J connectivity index is 1.56. The third-order valence-electron chi connectivity index (χ3n) is 4.99. The molecule has 1 atom stereocenters. The molecule has 2 aromatic rings. The van der Waals surface area contributed by atoms with Crippen LogP contribution in [-0.2, 0) is 17.6 Å². The van der Waals surface area contributed by atoms with E-state index in [1.807, 2.05) is 17.0 Å². The Bertz CT molecular complexity index is 834. The molecule has 0 aliphatic carbocycles. The lowest BCUT2D eigenvalue weighted by atomic mass is 9.91. The highest BCUT2D eigenvalue weighted by atomic mass is 19.1. The molecule has 1 N–H and O–H groups in total. The van der Waals surface area contributed by atoms with Gasteiger partial charge in [0.05, 0.1) is 6.42 Å². The van der Waals surface area contributed by atoms with Crippen LogP contribution in [0.5, 0.6) is 0 Å². The molecule has 5 nitrogen and oxygen atoms in total. The second-order valence-electron chi connectivity index (χ2n) is 6.98. The molecule has 138 valence electrons. The molecular formula is C20H24FN3O2. The Hall–Kier alpha value is -2.50. The molecule has 0 saturated carbocycles. The SMILES string of the molecule is Cc1ncc(CC(=O)N2CCC[C@H](CCc3ccccc3F)C2)c(=O)[nH]1. The molecular weight excluding hydrogens is 333 g/mol. The number of H-pyrrole nitrogens is 1. The van der Waals surface area contributed by atoms with Gasteiger partial charge in [0.1, 0.15) is 11.6 Å². The second kappa shape index (κ2) is 8.25. The van der Waals surface area contributed by atoms with Crippen LogP contribution >= 0.6 is 0 Å². The zero-order valence-corrected chi connectivity index (χ0v) is 15.0. The Morgan fingerprint density at radius 3 is 2.92 bits per heavy atom. The monoisotopic (exact) mass is 357 g/mol. The standard InChI is InChI=1S/C20H24FN3O2/c1-14-22-12-17(20(26)23-14)11-19(25)24-10-4-5-15(13-24)8-9-16-6-2-3-7-18(16)21/h2-3,6-7,12,15H,4-5,8-11,13H2,1H3,(H,22,23,26)/t15-/m1/s1. The average molecular weight is 357 g/mol. The van der Waals surface area contributed by atoms with Gasteiger partial charge in [-0.2, -0.15) is 0 Å². The molecule has 1 aliphatic heterocycles. The molecule has 1 aliphatic rings. The summed E-state index contributed by atoms with van der Waals surface area (Å²) < 4.78 is 13.8. The topological polar surface area (TPSA) is 66.1 Å². The van der Waals surface area contributed by atoms with Gasteiger partial charge in [-0.25, -0.2) is 9.37 Å². The number of hydrogen-bond donors (Lipinski definition) is 1. The van der Waals surface area contributed by atoms with Crippen molar-refractivity contribution in [3.63, 3.8) is 0 Å². The fourth-order valence-electron chi connectivity index (χ4n) is 3.50. The highest BCUT2D eigenvalue weighted by Gasteiger charge is 2.24. The predicted molar refractivity (Wildman–Crippen MR) is 97.3 cm³/mol. The highest BCUT2D eigenvalue weighted by molar-refractivity contribution is 5.78. The van der Waals surface area contributed by atoms with Crippen molar-refractivity contribution in [2.24, 2.45) is 5.92 Å². The number of aryl methyl sites for hydroxylation is 2. The van der Waals surface area contributed by atoms with Crippen molar-refractivity contribution in [3.05, 3.63) is 63.6 Å². The van der Waals surface area contributed by atoms with Crippen molar-refractivity contribution in [2.75, 3.05) is 13.1 Å². The molecule has 2 heterocycles. The van der Waals surface area contributed by atoms with Gasteiger partial charge in [0.2, 0.25) is 5.91 Å². The van der Waals surface area contributed by atoms with Gasteiger partial charge in [-0.3, -0.25) is 9.59 Å². The number of halogens is 1. The molecule has 1 amide bonds. The number of nitrogens with zero attached hydrogens (tertiary/aromatic N) is 2. The summed E-state index contributed by atoms with van der Waals surface area (Å²) in [7, 11) is 0. The second-order valence-corrected chi connectivity index (χ2v) is 6.98. The number of aromatic amines is 1. The minimum Gasteiger partial charge on any atom is -0.342 e. The largest absolute Gasteiger partial charge is 0.342 e. The number of rotatable bonds is 5. The van der Waals surface area contributed by atoms with Crippen molar-refractivity contribution in [1.29, 1.82) is 0 Å².